The Kier molecular flexibility index (Phi) is 6.49. The normalized spacial score (nSPS) is 23.3. The van der Waals surface area contributed by atoms with Crippen molar-refractivity contribution in [3.05, 3.63) is 23.8 Å². The minimum Gasteiger partial charge on any atom is -0.487 e. The highest BCUT2D eigenvalue weighted by atomic mass is 16.5. The highest BCUT2D eigenvalue weighted by molar-refractivity contribution is 5.94. The molecule has 1 aromatic carbocycles. The number of hydrogen-bond donors (Lipinski definition) is 1. The van der Waals surface area contributed by atoms with Crippen LogP contribution in [0.1, 0.15) is 63.9 Å². The summed E-state index contributed by atoms with van der Waals surface area (Å²) < 4.78 is 5.92. The number of ether oxygens (including phenoxy) is 1. The second-order valence-electron chi connectivity index (χ2n) is 9.25. The molecule has 2 fully saturated rings. The monoisotopic (exact) mass is 413 g/mol. The van der Waals surface area contributed by atoms with Crippen molar-refractivity contribution in [2.45, 2.75) is 77.4 Å². The Hall–Kier alpha value is -2.24. The van der Waals surface area contributed by atoms with E-state index in [1.165, 1.54) is 25.7 Å². The molecule has 2 heterocycles. The maximum Gasteiger partial charge on any atom is 0.324 e. The van der Waals surface area contributed by atoms with E-state index in [0.717, 1.165) is 42.7 Å². The van der Waals surface area contributed by atoms with Crippen molar-refractivity contribution in [2.75, 3.05) is 24.5 Å². The van der Waals surface area contributed by atoms with Gasteiger partial charge in [0.1, 0.15) is 11.9 Å². The van der Waals surface area contributed by atoms with Crippen molar-refractivity contribution in [1.29, 1.82) is 0 Å². The summed E-state index contributed by atoms with van der Waals surface area (Å²) in [7, 11) is 0. The van der Waals surface area contributed by atoms with Crippen LogP contribution in [0.25, 0.3) is 0 Å². The van der Waals surface area contributed by atoms with E-state index in [1.54, 1.807) is 0 Å². The first-order valence-electron chi connectivity index (χ1n) is 11.7. The minimum absolute atomic E-state index is 0.0236. The zero-order chi connectivity index (χ0) is 21.1. The lowest BCUT2D eigenvalue weighted by Crippen LogP contribution is -2.52. The Bertz CT molecular complexity index is 765. The largest absolute Gasteiger partial charge is 0.487 e. The summed E-state index contributed by atoms with van der Waals surface area (Å²) >= 11 is 0. The highest BCUT2D eigenvalue weighted by Crippen LogP contribution is 2.35. The van der Waals surface area contributed by atoms with Crippen molar-refractivity contribution < 1.29 is 14.3 Å². The molecule has 1 atom stereocenters. The molecule has 0 spiro atoms. The number of urea groups is 1. The van der Waals surface area contributed by atoms with E-state index in [2.05, 4.69) is 5.32 Å². The summed E-state index contributed by atoms with van der Waals surface area (Å²) in [5, 5.41) is 3.29. The number of amides is 3. The number of nitrogens with one attached hydrogen (secondary N) is 1. The summed E-state index contributed by atoms with van der Waals surface area (Å²) in [5.74, 6) is 0.982. The van der Waals surface area contributed by atoms with E-state index in [9.17, 15) is 9.59 Å². The fraction of sp³-hybridized carbons (Fsp3) is 0.667. The highest BCUT2D eigenvalue weighted by Gasteiger charge is 2.34. The van der Waals surface area contributed by atoms with Crippen molar-refractivity contribution >= 4 is 17.6 Å². The third-order valence-corrected chi connectivity index (χ3v) is 6.74. The minimum atomic E-state index is -0.0351. The molecule has 3 aliphatic rings. The first-order chi connectivity index (χ1) is 14.5. The third kappa shape index (κ3) is 4.73. The van der Waals surface area contributed by atoms with Gasteiger partial charge in [0.2, 0.25) is 5.91 Å². The maximum absolute atomic E-state index is 13.3. The first kappa shape index (κ1) is 21.0. The third-order valence-electron chi connectivity index (χ3n) is 6.74. The SMILES string of the molecule is Cc1ccc2c(c1)N(C(=O)N1CCC(C(=O)NC3CCCCCC3)CC1)C[C@H](C)O2. The van der Waals surface area contributed by atoms with Gasteiger partial charge in [0.25, 0.3) is 0 Å². The Labute approximate surface area is 179 Å². The van der Waals surface area contributed by atoms with Crippen LogP contribution < -0.4 is 15.0 Å². The quantitative estimate of drug-likeness (QED) is 0.737. The Morgan fingerprint density at radius 3 is 2.43 bits per heavy atom. The van der Waals surface area contributed by atoms with Gasteiger partial charge >= 0.3 is 6.03 Å². The second-order valence-corrected chi connectivity index (χ2v) is 9.25. The number of rotatable bonds is 2. The molecule has 1 N–H and O–H groups in total. The average molecular weight is 414 g/mol. The molecule has 0 radical (unpaired) electrons. The van der Waals surface area contributed by atoms with Gasteiger partial charge in [-0.25, -0.2) is 4.79 Å². The molecule has 1 saturated heterocycles. The van der Waals surface area contributed by atoms with Crippen LogP contribution in [0, 0.1) is 12.8 Å². The number of piperidine rings is 1. The summed E-state index contributed by atoms with van der Waals surface area (Å²) in [6.07, 6.45) is 8.68. The van der Waals surface area contributed by atoms with Gasteiger partial charge in [-0.3, -0.25) is 9.69 Å². The van der Waals surface area contributed by atoms with Gasteiger partial charge in [-0.2, -0.15) is 0 Å². The van der Waals surface area contributed by atoms with E-state index in [1.807, 2.05) is 41.8 Å². The van der Waals surface area contributed by atoms with Crippen LogP contribution in [0.4, 0.5) is 10.5 Å². The molecule has 2 aliphatic heterocycles. The number of nitrogens with zero attached hydrogens (tertiary/aromatic N) is 2. The number of benzene rings is 1. The Morgan fingerprint density at radius 1 is 1.03 bits per heavy atom. The molecule has 4 rings (SSSR count). The fourth-order valence-corrected chi connectivity index (χ4v) is 4.98. The lowest BCUT2D eigenvalue weighted by atomic mass is 9.95. The van der Waals surface area contributed by atoms with Crippen LogP contribution in [0.15, 0.2) is 18.2 Å². The van der Waals surface area contributed by atoms with E-state index < -0.39 is 0 Å². The molecule has 3 amide bonds. The summed E-state index contributed by atoms with van der Waals surface area (Å²) in [4.78, 5) is 29.8. The van der Waals surface area contributed by atoms with Gasteiger partial charge in [0, 0.05) is 25.0 Å². The molecular weight excluding hydrogens is 378 g/mol. The van der Waals surface area contributed by atoms with Crippen LogP contribution in [0.5, 0.6) is 5.75 Å². The second kappa shape index (κ2) is 9.27. The molecule has 164 valence electrons. The van der Waals surface area contributed by atoms with E-state index in [0.29, 0.717) is 25.7 Å². The van der Waals surface area contributed by atoms with Crippen LogP contribution >= 0.6 is 0 Å². The standard InChI is InChI=1S/C24H35N3O3/c1-17-9-10-22-21(15-17)27(16-18(2)30-22)24(29)26-13-11-19(12-14-26)23(28)25-20-7-5-3-4-6-8-20/h9-10,15,18-20H,3-8,11-14,16H2,1-2H3,(H,25,28)/t18-/m0/s1. The number of fused-ring (bicyclic) bond motifs is 1. The van der Waals surface area contributed by atoms with Crippen LogP contribution in [-0.2, 0) is 4.79 Å². The van der Waals surface area contributed by atoms with Gasteiger partial charge in [-0.05, 0) is 57.2 Å². The van der Waals surface area contributed by atoms with Gasteiger partial charge in [-0.15, -0.1) is 0 Å². The zero-order valence-electron chi connectivity index (χ0n) is 18.4. The number of carbonyl (C=O) groups is 2. The van der Waals surface area contributed by atoms with Gasteiger partial charge < -0.3 is 15.0 Å². The van der Waals surface area contributed by atoms with Crippen molar-refractivity contribution in [1.82, 2.24) is 10.2 Å². The molecule has 1 aromatic rings. The van der Waals surface area contributed by atoms with Crippen molar-refractivity contribution in [3.63, 3.8) is 0 Å². The molecule has 30 heavy (non-hydrogen) atoms. The molecule has 6 heteroatoms. The molecule has 0 bridgehead atoms. The van der Waals surface area contributed by atoms with Crippen molar-refractivity contribution in [3.8, 4) is 5.75 Å². The van der Waals surface area contributed by atoms with Gasteiger partial charge in [-0.1, -0.05) is 31.7 Å². The molecule has 1 saturated carbocycles. The molecule has 0 aromatic heterocycles. The molecule has 6 nitrogen and oxygen atoms in total. The van der Waals surface area contributed by atoms with Crippen molar-refractivity contribution in [2.24, 2.45) is 5.92 Å². The number of carbonyl (C=O) groups excluding carboxylic acids is 2. The van der Waals surface area contributed by atoms with E-state index in [-0.39, 0.29) is 24.0 Å². The molecular formula is C24H35N3O3. The number of anilines is 1. The number of likely N-dealkylation sites (tertiary alicyclic amines) is 1. The Morgan fingerprint density at radius 2 is 1.73 bits per heavy atom. The fourth-order valence-electron chi connectivity index (χ4n) is 4.98. The topological polar surface area (TPSA) is 61.9 Å². The van der Waals surface area contributed by atoms with Crippen LogP contribution in [0.2, 0.25) is 0 Å². The lowest BCUT2D eigenvalue weighted by molar-refractivity contribution is -0.127. The molecule has 1 aliphatic carbocycles. The number of hydrogen-bond acceptors (Lipinski definition) is 3. The molecule has 0 unspecified atom stereocenters. The lowest BCUT2D eigenvalue weighted by Gasteiger charge is -2.39. The average Bonchev–Trinajstić information content (AvgIpc) is 3.02. The number of aryl methyl sites for hydroxylation is 1. The predicted octanol–water partition coefficient (Wildman–Crippen LogP) is 4.25. The summed E-state index contributed by atoms with van der Waals surface area (Å²) in [6, 6.07) is 6.35. The Balaban J connectivity index is 1.34. The van der Waals surface area contributed by atoms with Gasteiger partial charge in [0.15, 0.2) is 0 Å². The summed E-state index contributed by atoms with van der Waals surface area (Å²) in [5.41, 5.74) is 1.96. The zero-order valence-corrected chi connectivity index (χ0v) is 18.4. The summed E-state index contributed by atoms with van der Waals surface area (Å²) in [6.45, 7) is 5.84. The smallest absolute Gasteiger partial charge is 0.324 e. The first-order valence-corrected chi connectivity index (χ1v) is 11.7. The van der Waals surface area contributed by atoms with E-state index in [4.69, 9.17) is 4.74 Å². The van der Waals surface area contributed by atoms with Crippen LogP contribution in [-0.4, -0.2) is 48.6 Å². The van der Waals surface area contributed by atoms with Crippen LogP contribution in [0.3, 0.4) is 0 Å². The van der Waals surface area contributed by atoms with E-state index >= 15 is 0 Å². The maximum atomic E-state index is 13.3. The van der Waals surface area contributed by atoms with Gasteiger partial charge in [0.05, 0.1) is 12.2 Å². The predicted molar refractivity (Wildman–Crippen MR) is 118 cm³/mol.